The highest BCUT2D eigenvalue weighted by Gasteiger charge is 2.20. The van der Waals surface area contributed by atoms with Gasteiger partial charge in [-0.25, -0.2) is 9.31 Å². The number of nitrogens with one attached hydrogen (secondary N) is 1. The first-order valence-electron chi connectivity index (χ1n) is 6.64. The van der Waals surface area contributed by atoms with Gasteiger partial charge in [-0.05, 0) is 25.5 Å². The maximum Gasteiger partial charge on any atom is 0.339 e. The summed E-state index contributed by atoms with van der Waals surface area (Å²) in [5, 5.41) is 23.3. The molecule has 0 spiro atoms. The minimum atomic E-state index is -1.10. The normalized spacial score (nSPS) is 10.9. The van der Waals surface area contributed by atoms with E-state index in [2.05, 4.69) is 25.7 Å². The van der Waals surface area contributed by atoms with Crippen LogP contribution < -0.4 is 5.32 Å². The molecule has 0 atom stereocenters. The van der Waals surface area contributed by atoms with Gasteiger partial charge in [0, 0.05) is 12.7 Å². The third-order valence-electron chi connectivity index (χ3n) is 3.26. The summed E-state index contributed by atoms with van der Waals surface area (Å²) in [7, 11) is 1.64. The lowest BCUT2D eigenvalue weighted by molar-refractivity contribution is 0.0697. The van der Waals surface area contributed by atoms with Crippen molar-refractivity contribution in [2.45, 2.75) is 13.8 Å². The molecule has 0 unspecified atom stereocenters. The molecule has 0 aliphatic rings. The van der Waals surface area contributed by atoms with Gasteiger partial charge in [0.25, 0.3) is 5.91 Å². The number of aromatic nitrogens is 6. The molecule has 0 fully saturated rings. The van der Waals surface area contributed by atoms with Crippen molar-refractivity contribution in [3.8, 4) is 0 Å². The number of rotatable bonds is 3. The van der Waals surface area contributed by atoms with Gasteiger partial charge in [0.15, 0.2) is 11.3 Å². The van der Waals surface area contributed by atoms with Crippen LogP contribution >= 0.6 is 0 Å². The van der Waals surface area contributed by atoms with E-state index in [0.717, 1.165) is 0 Å². The molecule has 0 aliphatic heterocycles. The predicted octanol–water partition coefficient (Wildman–Crippen LogP) is 0.425. The first kappa shape index (κ1) is 14.6. The summed E-state index contributed by atoms with van der Waals surface area (Å²) in [4.78, 5) is 27.6. The fourth-order valence-electron chi connectivity index (χ4n) is 2.28. The lowest BCUT2D eigenvalue weighted by Crippen LogP contribution is -2.13. The molecular formula is C13H13N7O3. The van der Waals surface area contributed by atoms with Crippen molar-refractivity contribution < 1.29 is 14.7 Å². The number of anilines is 1. The van der Waals surface area contributed by atoms with E-state index in [1.165, 1.54) is 15.4 Å². The van der Waals surface area contributed by atoms with E-state index in [0.29, 0.717) is 11.3 Å². The van der Waals surface area contributed by atoms with Crippen molar-refractivity contribution in [3.05, 3.63) is 34.8 Å². The molecule has 0 saturated carbocycles. The van der Waals surface area contributed by atoms with Crippen LogP contribution in [0.15, 0.2) is 12.3 Å². The van der Waals surface area contributed by atoms with E-state index >= 15 is 0 Å². The molecule has 3 aromatic heterocycles. The number of pyridine rings is 1. The third kappa shape index (κ3) is 2.50. The number of nitrogens with zero attached hydrogens (tertiary/aromatic N) is 6. The first-order valence-corrected chi connectivity index (χ1v) is 6.64. The van der Waals surface area contributed by atoms with Gasteiger partial charge in [-0.15, -0.1) is 10.2 Å². The molecule has 1 amide bonds. The zero-order valence-electron chi connectivity index (χ0n) is 12.6. The van der Waals surface area contributed by atoms with Crippen molar-refractivity contribution in [2.24, 2.45) is 7.05 Å². The van der Waals surface area contributed by atoms with Crippen LogP contribution in [-0.2, 0) is 7.05 Å². The van der Waals surface area contributed by atoms with E-state index in [1.54, 1.807) is 27.0 Å². The number of amides is 1. The Bertz CT molecular complexity index is 941. The van der Waals surface area contributed by atoms with Gasteiger partial charge in [0.2, 0.25) is 5.95 Å². The van der Waals surface area contributed by atoms with Crippen molar-refractivity contribution in [1.82, 2.24) is 29.6 Å². The Hall–Kier alpha value is -3.30. The smallest absolute Gasteiger partial charge is 0.339 e. The van der Waals surface area contributed by atoms with Crippen LogP contribution in [-0.4, -0.2) is 46.6 Å². The van der Waals surface area contributed by atoms with Crippen LogP contribution in [0.2, 0.25) is 0 Å². The van der Waals surface area contributed by atoms with Crippen molar-refractivity contribution in [1.29, 1.82) is 0 Å². The number of carboxylic acid groups (broad SMARTS) is 1. The molecule has 3 heterocycles. The average Bonchev–Trinajstić information content (AvgIpc) is 3.05. The van der Waals surface area contributed by atoms with Gasteiger partial charge in [-0.2, -0.15) is 4.98 Å². The minimum absolute atomic E-state index is 0.00291. The molecule has 23 heavy (non-hydrogen) atoms. The summed E-state index contributed by atoms with van der Waals surface area (Å²) in [5.74, 6) is -1.64. The zero-order chi connectivity index (χ0) is 16.7. The summed E-state index contributed by atoms with van der Waals surface area (Å²) in [6.07, 6.45) is 1.45. The Morgan fingerprint density at radius 1 is 1.30 bits per heavy atom. The summed E-state index contributed by atoms with van der Waals surface area (Å²) < 4.78 is 2.77. The van der Waals surface area contributed by atoms with Gasteiger partial charge in [-0.1, -0.05) is 5.21 Å². The van der Waals surface area contributed by atoms with Crippen molar-refractivity contribution >= 4 is 23.5 Å². The average molecular weight is 315 g/mol. The number of hydrogen-bond acceptors (Lipinski definition) is 6. The second-order valence-electron chi connectivity index (χ2n) is 5.05. The van der Waals surface area contributed by atoms with Crippen LogP contribution in [0.4, 0.5) is 5.95 Å². The van der Waals surface area contributed by atoms with E-state index in [9.17, 15) is 14.7 Å². The largest absolute Gasteiger partial charge is 0.478 e. The van der Waals surface area contributed by atoms with E-state index < -0.39 is 11.9 Å². The fourth-order valence-corrected chi connectivity index (χ4v) is 2.28. The molecule has 118 valence electrons. The molecule has 10 nitrogen and oxygen atoms in total. The molecule has 3 rings (SSSR count). The topological polar surface area (TPSA) is 127 Å². The Balaban J connectivity index is 2.03. The Morgan fingerprint density at radius 3 is 2.65 bits per heavy atom. The number of fused-ring (bicyclic) bond motifs is 1. The highest BCUT2D eigenvalue weighted by molar-refractivity contribution is 6.02. The molecule has 3 aromatic rings. The van der Waals surface area contributed by atoms with Crippen LogP contribution in [0.5, 0.6) is 0 Å². The van der Waals surface area contributed by atoms with E-state index in [4.69, 9.17) is 0 Å². The van der Waals surface area contributed by atoms with Gasteiger partial charge in [0.05, 0.1) is 6.20 Å². The number of carbonyl (C=O) groups excluding carboxylic acids is 1. The molecule has 0 aromatic carbocycles. The second kappa shape index (κ2) is 5.16. The zero-order valence-corrected chi connectivity index (χ0v) is 12.6. The van der Waals surface area contributed by atoms with Gasteiger partial charge in [0.1, 0.15) is 5.56 Å². The summed E-state index contributed by atoms with van der Waals surface area (Å²) in [6.45, 7) is 3.46. The lowest BCUT2D eigenvalue weighted by atomic mass is 10.1. The second-order valence-corrected chi connectivity index (χ2v) is 5.05. The number of carboxylic acids is 1. The van der Waals surface area contributed by atoms with Crippen LogP contribution in [0.3, 0.4) is 0 Å². The molecule has 2 N–H and O–H groups in total. The number of aromatic carboxylic acids is 1. The predicted molar refractivity (Wildman–Crippen MR) is 78.4 cm³/mol. The lowest BCUT2D eigenvalue weighted by Gasteiger charge is -2.04. The molecule has 0 bridgehead atoms. The summed E-state index contributed by atoms with van der Waals surface area (Å²) >= 11 is 0. The highest BCUT2D eigenvalue weighted by Crippen LogP contribution is 2.18. The molecule has 0 aliphatic carbocycles. The standard InChI is InChI=1S/C13H13N7O3/c1-6-4-7(2)20-10(9(6)12(22)23)14-13(17-20)15-11(21)8-5-19(3)18-16-8/h4-5H,1-3H3,(H,22,23)(H,15,17,21). The van der Waals surface area contributed by atoms with Crippen molar-refractivity contribution in [2.75, 3.05) is 5.32 Å². The van der Waals surface area contributed by atoms with Gasteiger partial charge in [-0.3, -0.25) is 14.8 Å². The Morgan fingerprint density at radius 2 is 2.04 bits per heavy atom. The maximum atomic E-state index is 12.0. The SMILES string of the molecule is Cc1cc(C)n2nc(NC(=O)c3cn(C)nn3)nc2c1C(=O)O. The van der Waals surface area contributed by atoms with Gasteiger partial charge >= 0.3 is 5.97 Å². The summed E-state index contributed by atoms with van der Waals surface area (Å²) in [5.41, 5.74) is 1.60. The molecule has 0 saturated heterocycles. The quantitative estimate of drug-likeness (QED) is 0.717. The third-order valence-corrected chi connectivity index (χ3v) is 3.26. The maximum absolute atomic E-state index is 12.0. The molecular weight excluding hydrogens is 302 g/mol. The number of aryl methyl sites for hydroxylation is 3. The molecule has 0 radical (unpaired) electrons. The summed E-state index contributed by atoms with van der Waals surface area (Å²) in [6, 6.07) is 1.69. The number of carbonyl (C=O) groups is 2. The van der Waals surface area contributed by atoms with E-state index in [1.807, 2.05) is 0 Å². The fraction of sp³-hybridized carbons (Fsp3) is 0.231. The number of hydrogen-bond donors (Lipinski definition) is 2. The molecule has 10 heteroatoms. The minimum Gasteiger partial charge on any atom is -0.478 e. The Kier molecular flexibility index (Phi) is 3.28. The van der Waals surface area contributed by atoms with E-state index in [-0.39, 0.29) is 22.9 Å². The first-order chi connectivity index (χ1) is 10.9. The van der Waals surface area contributed by atoms with Crippen LogP contribution in [0.1, 0.15) is 32.1 Å². The van der Waals surface area contributed by atoms with Crippen molar-refractivity contribution in [3.63, 3.8) is 0 Å². The van der Waals surface area contributed by atoms with Gasteiger partial charge < -0.3 is 5.11 Å². The van der Waals surface area contributed by atoms with Crippen LogP contribution in [0, 0.1) is 13.8 Å². The highest BCUT2D eigenvalue weighted by atomic mass is 16.4. The monoisotopic (exact) mass is 315 g/mol. The Labute approximate surface area is 129 Å². The van der Waals surface area contributed by atoms with Crippen LogP contribution in [0.25, 0.3) is 5.65 Å².